The van der Waals surface area contributed by atoms with E-state index in [1.807, 2.05) is 63.2 Å². The summed E-state index contributed by atoms with van der Waals surface area (Å²) in [5.74, 6) is -0.00514. The molecular weight excluding hydrogens is 512 g/mol. The Kier molecular flexibility index (Phi) is 8.42. The molecule has 0 bridgehead atoms. The lowest BCUT2D eigenvalue weighted by molar-refractivity contribution is 0.00875. The molecule has 1 fully saturated rings. The fourth-order valence-corrected chi connectivity index (χ4v) is 14.2. The van der Waals surface area contributed by atoms with Gasteiger partial charge in [-0.1, -0.05) is 71.9 Å². The van der Waals surface area contributed by atoms with Gasteiger partial charge >= 0.3 is 6.09 Å². The van der Waals surface area contributed by atoms with Crippen molar-refractivity contribution in [2.75, 3.05) is 6.54 Å². The van der Waals surface area contributed by atoms with Gasteiger partial charge in [0, 0.05) is 24.0 Å². The zero-order chi connectivity index (χ0) is 29.5. The lowest BCUT2D eigenvalue weighted by Crippen LogP contribution is -2.55. The Labute approximate surface area is 242 Å². The highest BCUT2D eigenvalue weighted by Gasteiger charge is 2.51. The maximum Gasteiger partial charge on any atom is 0.411 e. The second-order valence-electron chi connectivity index (χ2n) is 13.6. The summed E-state index contributed by atoms with van der Waals surface area (Å²) in [7, 11) is -1.94. The lowest BCUT2D eigenvalue weighted by Gasteiger charge is -2.44. The summed E-state index contributed by atoms with van der Waals surface area (Å²) in [5.41, 5.74) is 2.99. The van der Waals surface area contributed by atoms with Crippen LogP contribution in [0, 0.1) is 0 Å². The molecule has 1 saturated heterocycles. The van der Waals surface area contributed by atoms with Crippen LogP contribution in [0.3, 0.4) is 0 Å². The fourth-order valence-electron chi connectivity index (χ4n) is 7.62. The molecule has 0 saturated carbocycles. The number of benzene rings is 2. The molecule has 5 nitrogen and oxygen atoms in total. The maximum atomic E-state index is 14.6. The molecule has 0 radical (unpaired) electrons. The third kappa shape index (κ3) is 5.27. The number of amides is 1. The molecule has 216 valence electrons. The van der Waals surface area contributed by atoms with Crippen LogP contribution in [0.1, 0.15) is 91.1 Å². The number of nitrogens with zero attached hydrogens (tertiary/aromatic N) is 2. The average Bonchev–Trinajstić information content (AvgIpc) is 3.48. The van der Waals surface area contributed by atoms with Gasteiger partial charge in [-0.15, -0.1) is 0 Å². The largest absolute Gasteiger partial charge is 0.444 e. The molecular formula is C34H48N2O3Si. The molecule has 2 heterocycles. The standard InChI is InChI=1S/C34H48N2O3Si/c1-24(2)40(25(3)4,26(5)6)36-21-18-28-22-29(16-17-30(28)36)31(37)34(23-27-14-11-10-12-15-27)19-13-20-35(34)32(38)39-33(7,8)9/h10-12,14-18,21-22,24-26H,13,19-20,23H2,1-9H3. The Morgan fingerprint density at radius 2 is 1.55 bits per heavy atom. The van der Waals surface area contributed by atoms with E-state index >= 15 is 0 Å². The van der Waals surface area contributed by atoms with Gasteiger partial charge in [-0.05, 0) is 91.6 Å². The van der Waals surface area contributed by atoms with Crippen molar-refractivity contribution in [3.05, 3.63) is 71.9 Å². The number of carbonyl (C=O) groups excluding carboxylic acids is 2. The molecule has 1 aliphatic rings. The van der Waals surface area contributed by atoms with Crippen LogP contribution in [0.4, 0.5) is 4.79 Å². The highest BCUT2D eigenvalue weighted by Crippen LogP contribution is 2.44. The molecule has 1 aliphatic heterocycles. The first-order chi connectivity index (χ1) is 18.7. The minimum absolute atomic E-state index is 0.00514. The van der Waals surface area contributed by atoms with E-state index in [1.54, 1.807) is 4.90 Å². The molecule has 1 amide bonds. The van der Waals surface area contributed by atoms with Gasteiger partial charge in [0.05, 0.1) is 0 Å². The third-order valence-corrected chi connectivity index (χ3v) is 15.8. The zero-order valence-corrected chi connectivity index (χ0v) is 27.0. The number of hydrogen-bond donors (Lipinski definition) is 0. The highest BCUT2D eigenvalue weighted by molar-refractivity contribution is 6.82. The summed E-state index contributed by atoms with van der Waals surface area (Å²) >= 11 is 0. The number of likely N-dealkylation sites (tertiary alicyclic amines) is 1. The van der Waals surface area contributed by atoms with E-state index in [4.69, 9.17) is 4.74 Å². The lowest BCUT2D eigenvalue weighted by atomic mass is 9.81. The van der Waals surface area contributed by atoms with Crippen LogP contribution in [0.25, 0.3) is 10.9 Å². The van der Waals surface area contributed by atoms with Crippen molar-refractivity contribution in [2.45, 2.75) is 109 Å². The molecule has 6 heteroatoms. The van der Waals surface area contributed by atoms with Crippen LogP contribution in [-0.4, -0.2) is 46.9 Å². The quantitative estimate of drug-likeness (QED) is 0.204. The Bertz CT molecular complexity index is 1330. The summed E-state index contributed by atoms with van der Waals surface area (Å²) < 4.78 is 8.40. The number of hydrogen-bond acceptors (Lipinski definition) is 3. The molecule has 2 aromatic carbocycles. The van der Waals surface area contributed by atoms with E-state index in [2.05, 4.69) is 64.1 Å². The van der Waals surface area contributed by atoms with Crippen LogP contribution in [-0.2, 0) is 11.2 Å². The molecule has 1 atom stereocenters. The van der Waals surface area contributed by atoms with Crippen LogP contribution >= 0.6 is 0 Å². The van der Waals surface area contributed by atoms with Gasteiger partial charge in [0.25, 0.3) is 0 Å². The fraction of sp³-hybridized carbons (Fsp3) is 0.529. The van der Waals surface area contributed by atoms with Crippen molar-refractivity contribution in [1.82, 2.24) is 9.13 Å². The van der Waals surface area contributed by atoms with Gasteiger partial charge in [-0.3, -0.25) is 9.69 Å². The van der Waals surface area contributed by atoms with Crippen molar-refractivity contribution in [3.8, 4) is 0 Å². The number of aromatic nitrogens is 1. The zero-order valence-electron chi connectivity index (χ0n) is 26.0. The van der Waals surface area contributed by atoms with Crippen molar-refractivity contribution >= 4 is 31.0 Å². The molecule has 1 unspecified atom stereocenters. The normalized spacial score (nSPS) is 18.4. The average molecular weight is 561 g/mol. The Balaban J connectivity index is 1.81. The van der Waals surface area contributed by atoms with Crippen LogP contribution in [0.5, 0.6) is 0 Å². The predicted octanol–water partition coefficient (Wildman–Crippen LogP) is 8.86. The number of Topliss-reactive ketones (excluding diaryl/α,β-unsaturated/α-hetero) is 1. The minimum Gasteiger partial charge on any atom is -0.444 e. The second kappa shape index (κ2) is 11.2. The molecule has 4 rings (SSSR count). The summed E-state index contributed by atoms with van der Waals surface area (Å²) in [6.07, 6.45) is 3.69. The number of ketones is 1. The van der Waals surface area contributed by atoms with E-state index in [0.717, 1.165) is 17.4 Å². The monoisotopic (exact) mass is 560 g/mol. The van der Waals surface area contributed by atoms with Crippen molar-refractivity contribution < 1.29 is 14.3 Å². The van der Waals surface area contributed by atoms with Gasteiger partial charge in [0.2, 0.25) is 0 Å². The molecule has 1 aromatic heterocycles. The molecule has 40 heavy (non-hydrogen) atoms. The minimum atomic E-state index is -1.94. The summed E-state index contributed by atoms with van der Waals surface area (Å²) in [4.78, 5) is 29.8. The first-order valence-electron chi connectivity index (χ1n) is 14.9. The van der Waals surface area contributed by atoms with E-state index in [-0.39, 0.29) is 5.78 Å². The molecule has 3 aromatic rings. The van der Waals surface area contributed by atoms with Crippen LogP contribution in [0.2, 0.25) is 16.6 Å². The molecule has 0 aliphatic carbocycles. The Hall–Kier alpha value is -2.86. The summed E-state index contributed by atoms with van der Waals surface area (Å²) in [5, 5.41) is 1.08. The van der Waals surface area contributed by atoms with Gasteiger partial charge in [-0.2, -0.15) is 0 Å². The van der Waals surface area contributed by atoms with Gasteiger partial charge < -0.3 is 8.97 Å². The van der Waals surface area contributed by atoms with E-state index in [0.29, 0.717) is 41.6 Å². The first-order valence-corrected chi connectivity index (χ1v) is 17.1. The van der Waals surface area contributed by atoms with Crippen LogP contribution in [0.15, 0.2) is 60.8 Å². The van der Waals surface area contributed by atoms with E-state index in [9.17, 15) is 9.59 Å². The summed E-state index contributed by atoms with van der Waals surface area (Å²) in [6.45, 7) is 20.3. The number of carbonyl (C=O) groups is 2. The topological polar surface area (TPSA) is 51.5 Å². The number of rotatable bonds is 8. The van der Waals surface area contributed by atoms with E-state index < -0.39 is 25.5 Å². The predicted molar refractivity (Wildman–Crippen MR) is 168 cm³/mol. The number of fused-ring (bicyclic) bond motifs is 1. The Morgan fingerprint density at radius 3 is 2.12 bits per heavy atom. The van der Waals surface area contributed by atoms with Gasteiger partial charge in [0.1, 0.15) is 11.1 Å². The van der Waals surface area contributed by atoms with E-state index in [1.165, 1.54) is 5.52 Å². The SMILES string of the molecule is CC(C)[Si](C(C)C)(C(C)C)n1ccc2cc(C(=O)C3(Cc4ccccc4)CCCN3C(=O)OC(C)(C)C)ccc21. The Morgan fingerprint density at radius 1 is 0.925 bits per heavy atom. The first kappa shape index (κ1) is 30.1. The van der Waals surface area contributed by atoms with Gasteiger partial charge in [-0.25, -0.2) is 4.79 Å². The summed E-state index contributed by atoms with van der Waals surface area (Å²) in [6, 6.07) is 18.4. The van der Waals surface area contributed by atoms with Crippen molar-refractivity contribution in [1.29, 1.82) is 0 Å². The second-order valence-corrected chi connectivity index (χ2v) is 19.3. The molecule has 0 spiro atoms. The smallest absolute Gasteiger partial charge is 0.411 e. The third-order valence-electron chi connectivity index (χ3n) is 9.01. The molecule has 0 N–H and O–H groups in total. The highest BCUT2D eigenvalue weighted by atomic mass is 28.3. The van der Waals surface area contributed by atoms with Crippen molar-refractivity contribution in [2.24, 2.45) is 0 Å². The number of ether oxygens (including phenoxy) is 1. The van der Waals surface area contributed by atoms with Crippen LogP contribution < -0.4 is 0 Å². The maximum absolute atomic E-state index is 14.6. The van der Waals surface area contributed by atoms with Crippen molar-refractivity contribution in [3.63, 3.8) is 0 Å². The van der Waals surface area contributed by atoms with Gasteiger partial charge in [0.15, 0.2) is 14.0 Å².